The molecule has 1 saturated carbocycles. The van der Waals surface area contributed by atoms with Gasteiger partial charge in [0.15, 0.2) is 0 Å². The van der Waals surface area contributed by atoms with Crippen molar-refractivity contribution in [3.8, 4) is 0 Å². The van der Waals surface area contributed by atoms with Gasteiger partial charge in [0.25, 0.3) is 0 Å². The standard InChI is InChI=1S/C14H22O4S/c1-8(2)10-5-4-9(3)6-11(10)17-13(16)14-18-12(15)7-19-14/h8-11,14H,4-7H2,1-3H3/t9-,10?,11-,14+/m1/s1. The SMILES string of the molecule is CC(C)C1CC[C@@H](C)C[C@H]1OC(=O)[C@H]1OC(=O)CS1. The molecular formula is C14H22O4S. The van der Waals surface area contributed by atoms with Gasteiger partial charge in [-0.05, 0) is 30.6 Å². The second-order valence-corrected chi connectivity index (χ2v) is 6.98. The van der Waals surface area contributed by atoms with E-state index >= 15 is 0 Å². The summed E-state index contributed by atoms with van der Waals surface area (Å²) in [7, 11) is 0. The highest BCUT2D eigenvalue weighted by molar-refractivity contribution is 8.01. The number of rotatable bonds is 3. The van der Waals surface area contributed by atoms with E-state index in [2.05, 4.69) is 20.8 Å². The van der Waals surface area contributed by atoms with Crippen molar-refractivity contribution < 1.29 is 19.1 Å². The summed E-state index contributed by atoms with van der Waals surface area (Å²) in [4.78, 5) is 23.0. The molecule has 2 aliphatic rings. The van der Waals surface area contributed by atoms with Crippen LogP contribution in [0.4, 0.5) is 0 Å². The highest BCUT2D eigenvalue weighted by Gasteiger charge is 2.38. The maximum Gasteiger partial charge on any atom is 0.358 e. The molecule has 0 amide bonds. The first kappa shape index (κ1) is 14.7. The summed E-state index contributed by atoms with van der Waals surface area (Å²) in [5, 5.41) is 0. The fourth-order valence-electron chi connectivity index (χ4n) is 2.90. The van der Waals surface area contributed by atoms with Crippen molar-refractivity contribution in [3.63, 3.8) is 0 Å². The van der Waals surface area contributed by atoms with E-state index in [1.165, 1.54) is 18.2 Å². The summed E-state index contributed by atoms with van der Waals surface area (Å²) in [5.74, 6) is 1.04. The third-order valence-electron chi connectivity index (χ3n) is 4.01. The number of esters is 2. The molecule has 0 aromatic rings. The van der Waals surface area contributed by atoms with E-state index in [-0.39, 0.29) is 23.8 Å². The molecule has 2 rings (SSSR count). The monoisotopic (exact) mass is 286 g/mol. The summed E-state index contributed by atoms with van der Waals surface area (Å²) >= 11 is 1.21. The largest absolute Gasteiger partial charge is 0.459 e. The zero-order chi connectivity index (χ0) is 14.0. The fourth-order valence-corrected chi connectivity index (χ4v) is 3.62. The zero-order valence-corrected chi connectivity index (χ0v) is 12.6. The van der Waals surface area contributed by atoms with Crippen LogP contribution in [-0.2, 0) is 19.1 Å². The molecule has 4 atom stereocenters. The van der Waals surface area contributed by atoms with Crippen LogP contribution in [0, 0.1) is 17.8 Å². The predicted molar refractivity (Wildman–Crippen MR) is 73.6 cm³/mol. The van der Waals surface area contributed by atoms with Crippen LogP contribution < -0.4 is 0 Å². The van der Waals surface area contributed by atoms with E-state index in [9.17, 15) is 9.59 Å². The average molecular weight is 286 g/mol. The molecular weight excluding hydrogens is 264 g/mol. The van der Waals surface area contributed by atoms with E-state index < -0.39 is 5.44 Å². The Morgan fingerprint density at radius 3 is 2.74 bits per heavy atom. The van der Waals surface area contributed by atoms with Crippen molar-refractivity contribution in [1.29, 1.82) is 0 Å². The van der Waals surface area contributed by atoms with Crippen molar-refractivity contribution in [1.82, 2.24) is 0 Å². The molecule has 0 aromatic heterocycles. The second-order valence-electron chi connectivity index (χ2n) is 5.93. The predicted octanol–water partition coefficient (Wildman–Crippen LogP) is 2.61. The number of thioether (sulfide) groups is 1. The lowest BCUT2D eigenvalue weighted by Crippen LogP contribution is -2.38. The van der Waals surface area contributed by atoms with Crippen LogP contribution in [0.5, 0.6) is 0 Å². The van der Waals surface area contributed by atoms with E-state index in [1.54, 1.807) is 0 Å². The van der Waals surface area contributed by atoms with Crippen LogP contribution in [-0.4, -0.2) is 29.2 Å². The zero-order valence-electron chi connectivity index (χ0n) is 11.8. The lowest BCUT2D eigenvalue weighted by atomic mass is 9.75. The molecule has 2 fully saturated rings. The molecule has 1 aliphatic heterocycles. The van der Waals surface area contributed by atoms with Crippen molar-refractivity contribution in [2.75, 3.05) is 5.75 Å². The molecule has 19 heavy (non-hydrogen) atoms. The first-order chi connectivity index (χ1) is 8.97. The average Bonchev–Trinajstić information content (AvgIpc) is 2.75. The lowest BCUT2D eigenvalue weighted by molar-refractivity contribution is -0.167. The van der Waals surface area contributed by atoms with Crippen LogP contribution in [0.15, 0.2) is 0 Å². The van der Waals surface area contributed by atoms with Crippen molar-refractivity contribution in [3.05, 3.63) is 0 Å². The minimum atomic E-state index is -0.752. The Hall–Kier alpha value is -0.710. The number of hydrogen-bond acceptors (Lipinski definition) is 5. The van der Waals surface area contributed by atoms with Crippen LogP contribution in [0.25, 0.3) is 0 Å². The van der Waals surface area contributed by atoms with Crippen LogP contribution in [0.1, 0.15) is 40.0 Å². The Bertz CT molecular complexity index is 355. The summed E-state index contributed by atoms with van der Waals surface area (Å²) in [6.45, 7) is 6.54. The Labute approximate surface area is 118 Å². The third kappa shape index (κ3) is 3.65. The van der Waals surface area contributed by atoms with Gasteiger partial charge in [0, 0.05) is 0 Å². The maximum absolute atomic E-state index is 12.0. The topological polar surface area (TPSA) is 52.6 Å². The molecule has 0 radical (unpaired) electrons. The number of ether oxygens (including phenoxy) is 2. The molecule has 5 heteroatoms. The Kier molecular flexibility index (Phi) is 4.76. The first-order valence-electron chi connectivity index (χ1n) is 6.99. The second kappa shape index (κ2) is 6.16. The van der Waals surface area contributed by atoms with Crippen molar-refractivity contribution >= 4 is 23.7 Å². The van der Waals surface area contributed by atoms with E-state index in [4.69, 9.17) is 9.47 Å². The first-order valence-corrected chi connectivity index (χ1v) is 8.03. The summed E-state index contributed by atoms with van der Waals surface area (Å²) in [6, 6.07) is 0. The molecule has 108 valence electrons. The molecule has 1 heterocycles. The molecule has 0 N–H and O–H groups in total. The number of hydrogen-bond donors (Lipinski definition) is 0. The number of carbonyl (C=O) groups is 2. The van der Waals surface area contributed by atoms with E-state index in [0.29, 0.717) is 17.8 Å². The molecule has 0 bridgehead atoms. The van der Waals surface area contributed by atoms with Gasteiger partial charge >= 0.3 is 11.9 Å². The minimum Gasteiger partial charge on any atom is -0.459 e. The van der Waals surface area contributed by atoms with Gasteiger partial charge in [-0.1, -0.05) is 39.0 Å². The maximum atomic E-state index is 12.0. The Morgan fingerprint density at radius 2 is 2.16 bits per heavy atom. The van der Waals surface area contributed by atoms with Crippen LogP contribution >= 0.6 is 11.8 Å². The third-order valence-corrected chi connectivity index (χ3v) is 5.01. The van der Waals surface area contributed by atoms with Gasteiger partial charge in [0.1, 0.15) is 6.10 Å². The number of carbonyl (C=O) groups excluding carboxylic acids is 2. The normalized spacial score (nSPS) is 35.3. The van der Waals surface area contributed by atoms with Crippen LogP contribution in [0.2, 0.25) is 0 Å². The molecule has 1 aliphatic carbocycles. The summed E-state index contributed by atoms with van der Waals surface area (Å²) < 4.78 is 10.6. The van der Waals surface area contributed by atoms with Crippen molar-refractivity contribution in [2.45, 2.75) is 51.6 Å². The Morgan fingerprint density at radius 1 is 1.42 bits per heavy atom. The smallest absolute Gasteiger partial charge is 0.358 e. The van der Waals surface area contributed by atoms with E-state index in [1.807, 2.05) is 0 Å². The summed E-state index contributed by atoms with van der Waals surface area (Å²) in [6.07, 6.45) is 3.19. The van der Waals surface area contributed by atoms with Gasteiger partial charge in [-0.2, -0.15) is 0 Å². The quantitative estimate of drug-likeness (QED) is 0.746. The lowest BCUT2D eigenvalue weighted by Gasteiger charge is -2.36. The highest BCUT2D eigenvalue weighted by Crippen LogP contribution is 2.36. The fraction of sp³-hybridized carbons (Fsp3) is 0.857. The molecule has 0 aromatic carbocycles. The molecule has 1 unspecified atom stereocenters. The number of cyclic esters (lactones) is 1. The molecule has 4 nitrogen and oxygen atoms in total. The summed E-state index contributed by atoms with van der Waals surface area (Å²) in [5.41, 5.74) is -0.752. The van der Waals surface area contributed by atoms with Gasteiger partial charge < -0.3 is 9.47 Å². The van der Waals surface area contributed by atoms with Crippen molar-refractivity contribution in [2.24, 2.45) is 17.8 Å². The molecule has 1 saturated heterocycles. The molecule has 0 spiro atoms. The van der Waals surface area contributed by atoms with Gasteiger partial charge in [-0.3, -0.25) is 4.79 Å². The highest BCUT2D eigenvalue weighted by atomic mass is 32.2. The Balaban J connectivity index is 1.94. The van der Waals surface area contributed by atoms with Crippen LogP contribution in [0.3, 0.4) is 0 Å². The van der Waals surface area contributed by atoms with Gasteiger partial charge in [0.05, 0.1) is 5.75 Å². The van der Waals surface area contributed by atoms with E-state index in [0.717, 1.165) is 12.8 Å². The van der Waals surface area contributed by atoms with Gasteiger partial charge in [0.2, 0.25) is 5.44 Å². The van der Waals surface area contributed by atoms with Gasteiger partial charge in [-0.15, -0.1) is 0 Å². The minimum absolute atomic E-state index is 0.0313. The van der Waals surface area contributed by atoms with Gasteiger partial charge in [-0.25, -0.2) is 4.79 Å².